The first-order chi connectivity index (χ1) is 13.6. The first-order valence-corrected chi connectivity index (χ1v) is 10.0. The first kappa shape index (κ1) is 20.3. The number of para-hydroxylation sites is 1. The second-order valence-electron chi connectivity index (χ2n) is 7.50. The molecular weight excluding hydrogens is 362 g/mol. The Balaban J connectivity index is 1.46. The summed E-state index contributed by atoms with van der Waals surface area (Å²) in [4.78, 5) is 33.8. The Hall–Kier alpha value is -2.48. The van der Waals surface area contributed by atoms with Gasteiger partial charge in [0.2, 0.25) is 5.91 Å². The molecule has 1 amide bonds. The lowest BCUT2D eigenvalue weighted by atomic mass is 9.79. The molecule has 28 heavy (non-hydrogen) atoms. The smallest absolute Gasteiger partial charge is 0.321 e. The van der Waals surface area contributed by atoms with Crippen LogP contribution in [0.25, 0.3) is 0 Å². The minimum absolute atomic E-state index is 0.0209. The van der Waals surface area contributed by atoms with Gasteiger partial charge in [-0.05, 0) is 50.2 Å². The fraction of sp³-hybridized carbons (Fsp3) is 0.600. The van der Waals surface area contributed by atoms with Crippen LogP contribution in [0.1, 0.15) is 61.7 Å². The number of nitro groups is 1. The van der Waals surface area contributed by atoms with Crippen LogP contribution >= 0.6 is 0 Å². The van der Waals surface area contributed by atoms with Crippen molar-refractivity contribution >= 4 is 17.9 Å². The van der Waals surface area contributed by atoms with E-state index >= 15 is 0 Å². The zero-order valence-corrected chi connectivity index (χ0v) is 16.0. The van der Waals surface area contributed by atoms with Crippen LogP contribution in [0.2, 0.25) is 0 Å². The molecule has 2 aliphatic rings. The summed E-state index contributed by atoms with van der Waals surface area (Å²) in [5.74, 6) is 0.693. The minimum Gasteiger partial charge on any atom is -0.487 e. The highest BCUT2D eigenvalue weighted by Gasteiger charge is 2.33. The summed E-state index contributed by atoms with van der Waals surface area (Å²) in [7, 11) is 0. The van der Waals surface area contributed by atoms with Crippen LogP contribution in [-0.2, 0) is 4.79 Å². The average molecular weight is 389 g/mol. The molecule has 1 N–H and O–H groups in total. The van der Waals surface area contributed by atoms with E-state index in [9.17, 15) is 19.7 Å². The first-order valence-electron chi connectivity index (χ1n) is 10.0. The SMILES string of the molecule is O=Cc1cccc(OCCCC(=O)NN2CCCC3CCCCC32)c1[N+](=O)[O-]. The number of fused-ring (bicyclic) bond motifs is 1. The quantitative estimate of drug-likeness (QED) is 0.317. The number of hydrazine groups is 1. The van der Waals surface area contributed by atoms with E-state index in [4.69, 9.17) is 4.74 Å². The van der Waals surface area contributed by atoms with Gasteiger partial charge in [0.1, 0.15) is 0 Å². The lowest BCUT2D eigenvalue weighted by Crippen LogP contribution is -2.55. The van der Waals surface area contributed by atoms with Gasteiger partial charge in [-0.25, -0.2) is 5.01 Å². The molecule has 1 aromatic carbocycles. The van der Waals surface area contributed by atoms with Gasteiger partial charge in [0.25, 0.3) is 0 Å². The van der Waals surface area contributed by atoms with Gasteiger partial charge < -0.3 is 4.74 Å². The molecule has 8 nitrogen and oxygen atoms in total. The minimum atomic E-state index is -0.622. The van der Waals surface area contributed by atoms with Crippen molar-refractivity contribution < 1.29 is 19.2 Å². The van der Waals surface area contributed by atoms with E-state index in [0.29, 0.717) is 24.7 Å². The molecule has 0 radical (unpaired) electrons. The molecule has 8 heteroatoms. The van der Waals surface area contributed by atoms with Crippen molar-refractivity contribution in [2.75, 3.05) is 13.2 Å². The Morgan fingerprint density at radius 2 is 2.07 bits per heavy atom. The molecule has 1 aliphatic heterocycles. The van der Waals surface area contributed by atoms with Crippen molar-refractivity contribution in [3.63, 3.8) is 0 Å². The maximum atomic E-state index is 12.3. The number of ether oxygens (including phenoxy) is 1. The molecule has 0 aromatic heterocycles. The zero-order chi connectivity index (χ0) is 19.9. The Morgan fingerprint density at radius 1 is 1.29 bits per heavy atom. The number of hydrogen-bond acceptors (Lipinski definition) is 6. The van der Waals surface area contributed by atoms with Crippen molar-refractivity contribution in [1.82, 2.24) is 10.4 Å². The number of nitrogens with one attached hydrogen (secondary N) is 1. The van der Waals surface area contributed by atoms with E-state index in [1.54, 1.807) is 0 Å². The third-order valence-electron chi connectivity index (χ3n) is 5.66. The Kier molecular flexibility index (Phi) is 6.97. The van der Waals surface area contributed by atoms with Gasteiger partial charge in [0.05, 0.1) is 17.1 Å². The average Bonchev–Trinajstić information content (AvgIpc) is 2.71. The Bertz CT molecular complexity index is 722. The summed E-state index contributed by atoms with van der Waals surface area (Å²) < 4.78 is 5.47. The number of hydrogen-bond donors (Lipinski definition) is 1. The Morgan fingerprint density at radius 3 is 2.86 bits per heavy atom. The van der Waals surface area contributed by atoms with Crippen LogP contribution in [0.3, 0.4) is 0 Å². The van der Waals surface area contributed by atoms with E-state index in [1.165, 1.54) is 43.9 Å². The molecule has 152 valence electrons. The molecule has 2 unspecified atom stereocenters. The number of carbonyl (C=O) groups is 2. The number of amides is 1. The van der Waals surface area contributed by atoms with Crippen molar-refractivity contribution in [1.29, 1.82) is 0 Å². The summed E-state index contributed by atoms with van der Waals surface area (Å²) in [6, 6.07) is 4.83. The molecule has 2 atom stereocenters. The van der Waals surface area contributed by atoms with Gasteiger partial charge in [-0.1, -0.05) is 18.9 Å². The third-order valence-corrected chi connectivity index (χ3v) is 5.66. The molecule has 0 spiro atoms. The van der Waals surface area contributed by atoms with E-state index < -0.39 is 4.92 Å². The lowest BCUT2D eigenvalue weighted by molar-refractivity contribution is -0.386. The number of rotatable bonds is 8. The van der Waals surface area contributed by atoms with Crippen LogP contribution in [0.4, 0.5) is 5.69 Å². The lowest BCUT2D eigenvalue weighted by Gasteiger charge is -2.43. The highest BCUT2D eigenvalue weighted by Crippen LogP contribution is 2.34. The fourth-order valence-corrected chi connectivity index (χ4v) is 4.34. The number of piperidine rings is 1. The Labute approximate surface area is 164 Å². The summed E-state index contributed by atoms with van der Waals surface area (Å²) in [6.45, 7) is 1.07. The molecule has 1 saturated heterocycles. The molecule has 1 aromatic rings. The van der Waals surface area contributed by atoms with E-state index in [1.807, 2.05) is 0 Å². The fourth-order valence-electron chi connectivity index (χ4n) is 4.34. The van der Waals surface area contributed by atoms with Crippen LogP contribution in [0, 0.1) is 16.0 Å². The predicted octanol–water partition coefficient (Wildman–Crippen LogP) is 3.25. The predicted molar refractivity (Wildman–Crippen MR) is 103 cm³/mol. The molecular formula is C20H27N3O5. The van der Waals surface area contributed by atoms with Gasteiger partial charge >= 0.3 is 5.69 Å². The van der Waals surface area contributed by atoms with Crippen LogP contribution in [-0.4, -0.2) is 41.3 Å². The van der Waals surface area contributed by atoms with Gasteiger partial charge in [0.15, 0.2) is 12.0 Å². The normalized spacial score (nSPS) is 22.1. The maximum absolute atomic E-state index is 12.3. The number of carbonyl (C=O) groups excluding carboxylic acids is 2. The molecule has 2 fully saturated rings. The summed E-state index contributed by atoms with van der Waals surface area (Å²) in [5.41, 5.74) is 2.69. The second-order valence-corrected chi connectivity index (χ2v) is 7.50. The summed E-state index contributed by atoms with van der Waals surface area (Å²) >= 11 is 0. The van der Waals surface area contributed by atoms with Gasteiger partial charge in [-0.3, -0.25) is 25.1 Å². The van der Waals surface area contributed by atoms with Crippen LogP contribution < -0.4 is 10.2 Å². The number of benzene rings is 1. The van der Waals surface area contributed by atoms with Crippen molar-refractivity contribution in [3.05, 3.63) is 33.9 Å². The third kappa shape index (κ3) is 4.86. The van der Waals surface area contributed by atoms with Crippen molar-refractivity contribution in [3.8, 4) is 5.75 Å². The number of aldehydes is 1. The van der Waals surface area contributed by atoms with Crippen LogP contribution in [0.5, 0.6) is 5.75 Å². The number of nitrogens with zero attached hydrogens (tertiary/aromatic N) is 2. The van der Waals surface area contributed by atoms with Crippen LogP contribution in [0.15, 0.2) is 18.2 Å². The van der Waals surface area contributed by atoms with E-state index in [-0.39, 0.29) is 35.9 Å². The van der Waals surface area contributed by atoms with Crippen molar-refractivity contribution in [2.45, 2.75) is 57.4 Å². The van der Waals surface area contributed by atoms with Gasteiger partial charge in [0, 0.05) is 19.0 Å². The highest BCUT2D eigenvalue weighted by atomic mass is 16.6. The summed E-state index contributed by atoms with van der Waals surface area (Å²) in [5, 5.41) is 13.3. The zero-order valence-electron chi connectivity index (χ0n) is 16.0. The topological polar surface area (TPSA) is 102 Å². The summed E-state index contributed by atoms with van der Waals surface area (Å²) in [6.07, 6.45) is 8.44. The van der Waals surface area contributed by atoms with E-state index in [0.717, 1.165) is 19.4 Å². The van der Waals surface area contributed by atoms with Gasteiger partial charge in [-0.2, -0.15) is 0 Å². The number of nitro benzene ring substituents is 1. The standard InChI is InChI=1S/C20H27N3O5/c24-14-16-7-3-10-18(20(16)23(26)27)28-13-5-11-19(25)21-22-12-4-8-15-6-1-2-9-17(15)22/h3,7,10,14-15,17H,1-2,4-6,8-9,11-13H2,(H,21,25). The molecule has 1 aliphatic carbocycles. The monoisotopic (exact) mass is 389 g/mol. The second kappa shape index (κ2) is 9.64. The molecule has 0 bridgehead atoms. The molecule has 1 heterocycles. The highest BCUT2D eigenvalue weighted by molar-refractivity contribution is 5.83. The van der Waals surface area contributed by atoms with Gasteiger partial charge in [-0.15, -0.1) is 0 Å². The maximum Gasteiger partial charge on any atom is 0.321 e. The largest absolute Gasteiger partial charge is 0.487 e. The molecule has 1 saturated carbocycles. The molecule has 3 rings (SSSR count). The van der Waals surface area contributed by atoms with E-state index in [2.05, 4.69) is 10.4 Å². The van der Waals surface area contributed by atoms with Crippen molar-refractivity contribution in [2.24, 2.45) is 5.92 Å².